The van der Waals surface area contributed by atoms with Crippen LogP contribution in [0.5, 0.6) is 0 Å². The Balaban J connectivity index is 2.44. The van der Waals surface area contributed by atoms with Crippen molar-refractivity contribution >= 4 is 21.4 Å². The van der Waals surface area contributed by atoms with E-state index in [0.29, 0.717) is 11.3 Å². The molecule has 20 heavy (non-hydrogen) atoms. The minimum absolute atomic E-state index is 0.101. The third-order valence-electron chi connectivity index (χ3n) is 2.70. The summed E-state index contributed by atoms with van der Waals surface area (Å²) in [5.74, 6) is 0. The molecule has 2 aromatic rings. The summed E-state index contributed by atoms with van der Waals surface area (Å²) in [5, 5.41) is 10.7. The molecule has 0 aliphatic heterocycles. The SMILES string of the molecule is Cc1ccc([N+](=O)[O-])cc1S(=O)(=O)Nc1ccccc1. The molecule has 104 valence electrons. The van der Waals surface area contributed by atoms with Crippen molar-refractivity contribution in [1.82, 2.24) is 0 Å². The van der Waals surface area contributed by atoms with Crippen molar-refractivity contribution in [3.05, 3.63) is 64.2 Å². The van der Waals surface area contributed by atoms with Crippen LogP contribution in [-0.4, -0.2) is 13.3 Å². The van der Waals surface area contributed by atoms with Crippen molar-refractivity contribution in [2.75, 3.05) is 4.72 Å². The summed E-state index contributed by atoms with van der Waals surface area (Å²) in [5.41, 5.74) is 0.585. The smallest absolute Gasteiger partial charge is 0.270 e. The fourth-order valence-corrected chi connectivity index (χ4v) is 3.03. The van der Waals surface area contributed by atoms with Crippen LogP contribution in [0.25, 0.3) is 0 Å². The Hall–Kier alpha value is -2.41. The molecule has 0 saturated heterocycles. The Bertz CT molecular complexity index is 742. The average Bonchev–Trinajstić information content (AvgIpc) is 2.39. The average molecular weight is 292 g/mol. The molecule has 0 bridgehead atoms. The fraction of sp³-hybridized carbons (Fsp3) is 0.0769. The molecule has 2 rings (SSSR count). The van der Waals surface area contributed by atoms with Crippen molar-refractivity contribution in [1.29, 1.82) is 0 Å². The highest BCUT2D eigenvalue weighted by Crippen LogP contribution is 2.23. The lowest BCUT2D eigenvalue weighted by Crippen LogP contribution is -2.14. The Kier molecular flexibility index (Phi) is 3.71. The number of sulfonamides is 1. The van der Waals surface area contributed by atoms with Crippen LogP contribution in [0.3, 0.4) is 0 Å². The van der Waals surface area contributed by atoms with Gasteiger partial charge in [-0.25, -0.2) is 8.42 Å². The van der Waals surface area contributed by atoms with E-state index in [0.717, 1.165) is 6.07 Å². The zero-order valence-electron chi connectivity index (χ0n) is 10.6. The second kappa shape index (κ2) is 5.30. The molecule has 0 saturated carbocycles. The number of aryl methyl sites for hydroxylation is 1. The van der Waals surface area contributed by atoms with Crippen molar-refractivity contribution in [3.8, 4) is 0 Å². The van der Waals surface area contributed by atoms with Gasteiger partial charge in [0.2, 0.25) is 0 Å². The number of hydrogen-bond acceptors (Lipinski definition) is 4. The number of rotatable bonds is 4. The third-order valence-corrected chi connectivity index (χ3v) is 4.22. The molecule has 0 radical (unpaired) electrons. The van der Waals surface area contributed by atoms with E-state index < -0.39 is 14.9 Å². The zero-order chi connectivity index (χ0) is 14.8. The van der Waals surface area contributed by atoms with E-state index in [1.165, 1.54) is 12.1 Å². The van der Waals surface area contributed by atoms with E-state index in [1.54, 1.807) is 37.3 Å². The minimum Gasteiger partial charge on any atom is -0.280 e. The number of anilines is 1. The maximum Gasteiger partial charge on any atom is 0.270 e. The van der Waals surface area contributed by atoms with Gasteiger partial charge in [0, 0.05) is 17.8 Å². The van der Waals surface area contributed by atoms with E-state index in [4.69, 9.17) is 0 Å². The molecule has 0 unspecified atom stereocenters. The molecule has 6 nitrogen and oxygen atoms in total. The maximum atomic E-state index is 12.3. The van der Waals surface area contributed by atoms with Gasteiger partial charge in [0.25, 0.3) is 15.7 Å². The lowest BCUT2D eigenvalue weighted by Gasteiger charge is -2.10. The Morgan fingerprint density at radius 2 is 1.75 bits per heavy atom. The van der Waals surface area contributed by atoms with Crippen molar-refractivity contribution in [3.63, 3.8) is 0 Å². The molecular weight excluding hydrogens is 280 g/mol. The summed E-state index contributed by atoms with van der Waals surface area (Å²) >= 11 is 0. The molecule has 0 aliphatic carbocycles. The van der Waals surface area contributed by atoms with Crippen LogP contribution in [0.2, 0.25) is 0 Å². The van der Waals surface area contributed by atoms with Gasteiger partial charge in [-0.2, -0.15) is 0 Å². The van der Waals surface area contributed by atoms with Gasteiger partial charge in [-0.3, -0.25) is 14.8 Å². The number of nitro groups is 1. The summed E-state index contributed by atoms with van der Waals surface area (Å²) in [7, 11) is -3.85. The molecule has 0 atom stereocenters. The summed E-state index contributed by atoms with van der Waals surface area (Å²) in [6.07, 6.45) is 0. The topological polar surface area (TPSA) is 89.3 Å². The van der Waals surface area contributed by atoms with E-state index >= 15 is 0 Å². The number of benzene rings is 2. The lowest BCUT2D eigenvalue weighted by molar-refractivity contribution is -0.385. The fourth-order valence-electron chi connectivity index (χ4n) is 1.71. The minimum atomic E-state index is -3.85. The molecule has 0 heterocycles. The Morgan fingerprint density at radius 3 is 2.35 bits per heavy atom. The van der Waals surface area contributed by atoms with Gasteiger partial charge in [0.05, 0.1) is 9.82 Å². The molecular formula is C13H12N2O4S. The molecule has 0 amide bonds. The normalized spacial score (nSPS) is 11.1. The first-order valence-electron chi connectivity index (χ1n) is 5.73. The summed E-state index contributed by atoms with van der Waals surface area (Å²) < 4.78 is 26.9. The van der Waals surface area contributed by atoms with Gasteiger partial charge < -0.3 is 0 Å². The lowest BCUT2D eigenvalue weighted by atomic mass is 10.2. The Morgan fingerprint density at radius 1 is 1.10 bits per heavy atom. The van der Waals surface area contributed by atoms with E-state index in [-0.39, 0.29) is 10.6 Å². The zero-order valence-corrected chi connectivity index (χ0v) is 11.4. The summed E-state index contributed by atoms with van der Waals surface area (Å²) in [6, 6.07) is 12.1. The molecule has 0 spiro atoms. The standard InChI is InChI=1S/C13H12N2O4S/c1-10-7-8-12(15(16)17)9-13(10)20(18,19)14-11-5-3-2-4-6-11/h2-9,14H,1H3. The van der Waals surface area contributed by atoms with Crippen LogP contribution in [0, 0.1) is 17.0 Å². The summed E-state index contributed by atoms with van der Waals surface area (Å²) in [6.45, 7) is 1.59. The van der Waals surface area contributed by atoms with Crippen LogP contribution in [0.1, 0.15) is 5.56 Å². The van der Waals surface area contributed by atoms with Crippen LogP contribution >= 0.6 is 0 Å². The second-order valence-corrected chi connectivity index (χ2v) is 5.83. The molecule has 0 aromatic heterocycles. The first-order valence-corrected chi connectivity index (χ1v) is 7.21. The molecule has 7 heteroatoms. The molecule has 1 N–H and O–H groups in total. The van der Waals surface area contributed by atoms with E-state index in [9.17, 15) is 18.5 Å². The first-order chi connectivity index (χ1) is 9.40. The predicted octanol–water partition coefficient (Wildman–Crippen LogP) is 2.70. The van der Waals surface area contributed by atoms with Crippen LogP contribution in [-0.2, 0) is 10.0 Å². The summed E-state index contributed by atoms with van der Waals surface area (Å²) in [4.78, 5) is 10.0. The van der Waals surface area contributed by atoms with E-state index in [1.807, 2.05) is 0 Å². The number of nitrogens with one attached hydrogen (secondary N) is 1. The first kappa shape index (κ1) is 14.0. The second-order valence-electron chi connectivity index (χ2n) is 4.18. The van der Waals surface area contributed by atoms with Gasteiger partial charge in [0.1, 0.15) is 0 Å². The van der Waals surface area contributed by atoms with Crippen LogP contribution < -0.4 is 4.72 Å². The maximum absolute atomic E-state index is 12.3. The number of nitrogens with zero attached hydrogens (tertiary/aromatic N) is 1. The van der Waals surface area contributed by atoms with Gasteiger partial charge in [-0.1, -0.05) is 24.3 Å². The van der Waals surface area contributed by atoms with Crippen molar-refractivity contribution in [2.24, 2.45) is 0 Å². The molecule has 0 aliphatic rings. The number of non-ortho nitro benzene ring substituents is 1. The van der Waals surface area contributed by atoms with Crippen LogP contribution in [0.4, 0.5) is 11.4 Å². The highest BCUT2D eigenvalue weighted by atomic mass is 32.2. The third kappa shape index (κ3) is 2.94. The van der Waals surface area contributed by atoms with Gasteiger partial charge in [-0.15, -0.1) is 0 Å². The monoisotopic (exact) mass is 292 g/mol. The largest absolute Gasteiger partial charge is 0.280 e. The molecule has 0 fully saturated rings. The van der Waals surface area contributed by atoms with Gasteiger partial charge in [-0.05, 0) is 24.6 Å². The quantitative estimate of drug-likeness (QED) is 0.693. The Labute approximate surface area is 116 Å². The highest BCUT2D eigenvalue weighted by molar-refractivity contribution is 7.92. The van der Waals surface area contributed by atoms with E-state index in [2.05, 4.69) is 4.72 Å². The van der Waals surface area contributed by atoms with Gasteiger partial charge in [0.15, 0.2) is 0 Å². The van der Waals surface area contributed by atoms with Crippen LogP contribution in [0.15, 0.2) is 53.4 Å². The van der Waals surface area contributed by atoms with Crippen molar-refractivity contribution in [2.45, 2.75) is 11.8 Å². The van der Waals surface area contributed by atoms with Gasteiger partial charge >= 0.3 is 0 Å². The number of para-hydroxylation sites is 1. The number of nitro benzene ring substituents is 1. The highest BCUT2D eigenvalue weighted by Gasteiger charge is 2.20. The molecule has 2 aromatic carbocycles. The predicted molar refractivity (Wildman–Crippen MR) is 75.1 cm³/mol. The number of hydrogen-bond donors (Lipinski definition) is 1. The van der Waals surface area contributed by atoms with Crippen molar-refractivity contribution < 1.29 is 13.3 Å².